The van der Waals surface area contributed by atoms with Gasteiger partial charge in [-0.15, -0.1) is 0 Å². The minimum Gasteiger partial charge on any atom is -0.460 e. The lowest BCUT2D eigenvalue weighted by molar-refractivity contribution is -0.347. The van der Waals surface area contributed by atoms with Gasteiger partial charge in [-0.1, -0.05) is 51.8 Å². The second-order valence-corrected chi connectivity index (χ2v) is 18.9. The number of fused-ring (bicyclic) bond motifs is 3. The predicted octanol–water partition coefficient (Wildman–Crippen LogP) is 5.80. The smallest absolute Gasteiger partial charge is 0.329 e. The Morgan fingerprint density at radius 3 is 2.14 bits per heavy atom. The van der Waals surface area contributed by atoms with Crippen LogP contribution in [0.25, 0.3) is 0 Å². The highest BCUT2D eigenvalue weighted by Gasteiger charge is 2.58. The van der Waals surface area contributed by atoms with Crippen molar-refractivity contribution in [2.45, 2.75) is 193 Å². The number of hydrogen-bond acceptors (Lipinski definition) is 14. The van der Waals surface area contributed by atoms with Crippen LogP contribution in [0.15, 0.2) is 23.3 Å². The Labute approximate surface area is 374 Å². The van der Waals surface area contributed by atoms with Gasteiger partial charge in [-0.3, -0.25) is 19.2 Å². The molecule has 1 saturated carbocycles. The standard InChI is InChI=1S/C48H77NO14/c1-12-15-35-21-27(2)20-28(3)22-41(58-10)44-42(59-11)24-30(5)48(56,63-44)45(61-33(8)51)46(54)49-19-14-13-16-36(49)47(55)62-43(31(6)37(52)26-38(35)53)29(4)23-34-17-18-39(60-32(7)50)40(25-34)57-9/h21,23,28,30-31,34-37,39-45,52,56H,12-20,22,24-26H2,1-11H3. The van der Waals surface area contributed by atoms with Gasteiger partial charge in [0, 0.05) is 65.9 Å². The van der Waals surface area contributed by atoms with E-state index in [4.69, 9.17) is 33.2 Å². The first-order valence-corrected chi connectivity index (χ1v) is 23.2. The molecule has 15 nitrogen and oxygen atoms in total. The Morgan fingerprint density at radius 2 is 1.52 bits per heavy atom. The van der Waals surface area contributed by atoms with Crippen LogP contribution in [0.2, 0.25) is 0 Å². The van der Waals surface area contributed by atoms with Gasteiger partial charge in [-0.25, -0.2) is 4.79 Å². The second-order valence-electron chi connectivity index (χ2n) is 18.9. The number of esters is 3. The number of methoxy groups -OCH3 is 3. The van der Waals surface area contributed by atoms with Crippen LogP contribution < -0.4 is 0 Å². The monoisotopic (exact) mass is 892 g/mol. The molecule has 2 N–H and O–H groups in total. The summed E-state index contributed by atoms with van der Waals surface area (Å²) in [6, 6.07) is -1.13. The first-order valence-electron chi connectivity index (χ1n) is 23.2. The molecule has 4 aliphatic rings. The maximum Gasteiger partial charge on any atom is 0.329 e. The van der Waals surface area contributed by atoms with E-state index in [-0.39, 0.29) is 55.5 Å². The number of aliphatic hydroxyl groups is 2. The highest BCUT2D eigenvalue weighted by atomic mass is 16.7. The van der Waals surface area contributed by atoms with Gasteiger partial charge in [0.05, 0.1) is 24.4 Å². The number of ether oxygens (including phenoxy) is 7. The highest BCUT2D eigenvalue weighted by Crippen LogP contribution is 2.42. The summed E-state index contributed by atoms with van der Waals surface area (Å²) in [5.41, 5.74) is 1.65. The third-order valence-corrected chi connectivity index (χ3v) is 13.8. The molecule has 15 atom stereocenters. The summed E-state index contributed by atoms with van der Waals surface area (Å²) in [7, 11) is 4.67. The molecule has 3 aliphatic heterocycles. The third kappa shape index (κ3) is 13.4. The molecule has 15 heteroatoms. The molecule has 4 rings (SSSR count). The highest BCUT2D eigenvalue weighted by molar-refractivity contribution is 5.89. The normalized spacial score (nSPS) is 38.4. The fraction of sp³-hybridized carbons (Fsp3) is 0.812. The quantitative estimate of drug-likeness (QED) is 0.160. The van der Waals surface area contributed by atoms with Crippen LogP contribution in [0.3, 0.4) is 0 Å². The molecule has 3 fully saturated rings. The van der Waals surface area contributed by atoms with Crippen LogP contribution in [-0.2, 0) is 57.1 Å². The summed E-state index contributed by atoms with van der Waals surface area (Å²) in [4.78, 5) is 69.5. The summed E-state index contributed by atoms with van der Waals surface area (Å²) in [6.07, 6.45) is 2.82. The number of nitrogens with zero attached hydrogens (tertiary/aromatic N) is 1. The molecular formula is C48H77NO14. The molecule has 2 saturated heterocycles. The number of rotatable bonds is 9. The van der Waals surface area contributed by atoms with Crippen molar-refractivity contribution in [3.05, 3.63) is 23.3 Å². The number of piperidine rings is 1. The molecule has 3 heterocycles. The van der Waals surface area contributed by atoms with E-state index in [9.17, 15) is 34.2 Å². The Balaban J connectivity index is 1.82. The fourth-order valence-corrected chi connectivity index (χ4v) is 10.4. The molecular weight excluding hydrogens is 815 g/mol. The number of Topliss-reactive ketones (excluding diaryl/α,β-unsaturated/α-hetero) is 1. The van der Waals surface area contributed by atoms with Crippen LogP contribution in [0.4, 0.5) is 0 Å². The Morgan fingerprint density at radius 1 is 0.873 bits per heavy atom. The van der Waals surface area contributed by atoms with E-state index in [1.165, 1.54) is 11.8 Å². The molecule has 63 heavy (non-hydrogen) atoms. The number of carbonyl (C=O) groups excluding carboxylic acids is 5. The van der Waals surface area contributed by atoms with E-state index in [0.717, 1.165) is 18.9 Å². The van der Waals surface area contributed by atoms with E-state index in [1.54, 1.807) is 35.2 Å². The predicted molar refractivity (Wildman–Crippen MR) is 233 cm³/mol. The molecule has 358 valence electrons. The van der Waals surface area contributed by atoms with Crippen LogP contribution in [0.5, 0.6) is 0 Å². The lowest BCUT2D eigenvalue weighted by Gasteiger charge is -2.50. The first-order chi connectivity index (χ1) is 29.8. The molecule has 0 aromatic carbocycles. The summed E-state index contributed by atoms with van der Waals surface area (Å²) in [5.74, 6) is -7.16. The van der Waals surface area contributed by atoms with E-state index in [2.05, 4.69) is 6.92 Å². The SMILES string of the molecule is CCCC1C=C(C)CC(C)CC(OC)C2OC(O)(C(C)CC2OC)C(OC(C)=O)C(=O)N2CCCCC2C(=O)OC(C(C)=CC2CCC(OC(C)=O)C(OC)C2)C(C)C(O)CC1=O. The van der Waals surface area contributed by atoms with Gasteiger partial charge in [0.15, 0.2) is 0 Å². The summed E-state index contributed by atoms with van der Waals surface area (Å²) >= 11 is 0. The summed E-state index contributed by atoms with van der Waals surface area (Å²) in [6.45, 7) is 14.0. The van der Waals surface area contributed by atoms with E-state index in [1.807, 2.05) is 32.9 Å². The molecule has 0 aromatic rings. The van der Waals surface area contributed by atoms with Gasteiger partial charge in [0.1, 0.15) is 30.1 Å². The number of hydrogen-bond donors (Lipinski definition) is 2. The lowest BCUT2D eigenvalue weighted by atomic mass is 9.81. The van der Waals surface area contributed by atoms with Gasteiger partial charge >= 0.3 is 17.9 Å². The van der Waals surface area contributed by atoms with Gasteiger partial charge in [-0.2, -0.15) is 0 Å². The number of carbonyl (C=O) groups is 5. The molecule has 1 amide bonds. The topological polar surface area (TPSA) is 194 Å². The average Bonchev–Trinajstić information content (AvgIpc) is 3.23. The van der Waals surface area contributed by atoms with Crippen molar-refractivity contribution in [1.82, 2.24) is 4.90 Å². The number of cyclic esters (lactones) is 1. The van der Waals surface area contributed by atoms with E-state index >= 15 is 0 Å². The van der Waals surface area contributed by atoms with Gasteiger partial charge in [0.2, 0.25) is 11.9 Å². The minimum atomic E-state index is -2.33. The van der Waals surface area contributed by atoms with Crippen LogP contribution in [0.1, 0.15) is 132 Å². The maximum atomic E-state index is 14.9. The minimum absolute atomic E-state index is 0.0198. The fourth-order valence-electron chi connectivity index (χ4n) is 10.4. The van der Waals surface area contributed by atoms with Crippen molar-refractivity contribution in [2.75, 3.05) is 27.9 Å². The molecule has 2 bridgehead atoms. The summed E-state index contributed by atoms with van der Waals surface area (Å²) in [5, 5.41) is 24.5. The number of allylic oxidation sites excluding steroid dienone is 3. The first kappa shape index (κ1) is 52.4. The Kier molecular flexibility index (Phi) is 19.8. The number of aliphatic hydroxyl groups excluding tert-OH is 1. The summed E-state index contributed by atoms with van der Waals surface area (Å²) < 4.78 is 41.8. The van der Waals surface area contributed by atoms with Crippen LogP contribution in [0, 0.1) is 29.6 Å². The number of amides is 1. The second kappa shape index (κ2) is 23.8. The van der Waals surface area contributed by atoms with E-state index < -0.39 is 90.2 Å². The van der Waals surface area contributed by atoms with Crippen molar-refractivity contribution < 1.29 is 67.3 Å². The van der Waals surface area contributed by atoms with Gasteiger partial charge in [0.25, 0.3) is 5.91 Å². The van der Waals surface area contributed by atoms with Crippen molar-refractivity contribution in [3.8, 4) is 0 Å². The molecule has 15 unspecified atom stereocenters. The zero-order valence-electron chi connectivity index (χ0n) is 39.7. The molecule has 1 aliphatic carbocycles. The average molecular weight is 892 g/mol. The van der Waals surface area contributed by atoms with E-state index in [0.29, 0.717) is 56.9 Å². The molecule has 0 aromatic heterocycles. The van der Waals surface area contributed by atoms with Crippen molar-refractivity contribution in [3.63, 3.8) is 0 Å². The van der Waals surface area contributed by atoms with Crippen molar-refractivity contribution in [2.24, 2.45) is 29.6 Å². The van der Waals surface area contributed by atoms with Gasteiger partial charge in [-0.05, 0) is 95.5 Å². The largest absolute Gasteiger partial charge is 0.460 e. The zero-order valence-corrected chi connectivity index (χ0v) is 39.7. The maximum absolute atomic E-state index is 14.9. The van der Waals surface area contributed by atoms with Gasteiger partial charge < -0.3 is 48.3 Å². The number of ketones is 1. The Hall–Kier alpha value is -3.21. The van der Waals surface area contributed by atoms with Crippen LogP contribution >= 0.6 is 0 Å². The zero-order chi connectivity index (χ0) is 46.8. The van der Waals surface area contributed by atoms with Crippen molar-refractivity contribution >= 4 is 29.6 Å². The van der Waals surface area contributed by atoms with Crippen LogP contribution in [-0.4, -0.2) is 133 Å². The molecule has 0 radical (unpaired) electrons. The van der Waals surface area contributed by atoms with Crippen molar-refractivity contribution in [1.29, 1.82) is 0 Å². The lowest BCUT2D eigenvalue weighted by Crippen LogP contribution is -2.67. The third-order valence-electron chi connectivity index (χ3n) is 13.8. The Bertz CT molecular complexity index is 1630. The molecule has 0 spiro atoms.